The second-order valence-corrected chi connectivity index (χ2v) is 6.43. The van der Waals surface area contributed by atoms with Gasteiger partial charge in [0.1, 0.15) is 12.1 Å². The third-order valence-corrected chi connectivity index (χ3v) is 3.72. The molecule has 0 aromatic carbocycles. The molecule has 4 atom stereocenters. The first-order chi connectivity index (χ1) is 13.8. The van der Waals surface area contributed by atoms with Crippen molar-refractivity contribution in [2.75, 3.05) is 13.2 Å². The number of nitrogens with one attached hydrogen (secondary N) is 3. The van der Waals surface area contributed by atoms with Gasteiger partial charge in [0.15, 0.2) is 12.3 Å². The number of aliphatic carboxylic acids is 2. The summed E-state index contributed by atoms with van der Waals surface area (Å²) in [4.78, 5) is 56.6. The summed E-state index contributed by atoms with van der Waals surface area (Å²) in [6.45, 7) is 1.56. The first kappa shape index (κ1) is 27.2. The summed E-state index contributed by atoms with van der Waals surface area (Å²) in [5, 5.41) is 43.2. The van der Waals surface area contributed by atoms with Gasteiger partial charge in [-0.25, -0.2) is 4.79 Å². The van der Waals surface area contributed by atoms with Crippen molar-refractivity contribution in [2.45, 2.75) is 57.1 Å². The predicted molar refractivity (Wildman–Crippen MR) is 98.7 cm³/mol. The zero-order chi connectivity index (χ0) is 23.4. The van der Waals surface area contributed by atoms with Crippen LogP contribution >= 0.6 is 0 Å². The summed E-state index contributed by atoms with van der Waals surface area (Å²) >= 11 is 0. The highest BCUT2D eigenvalue weighted by Gasteiger charge is 2.25. The van der Waals surface area contributed by atoms with Gasteiger partial charge < -0.3 is 46.8 Å². The molecular weight excluding hydrogens is 408 g/mol. The number of hydrogen-bond donors (Lipinski definition) is 8. The van der Waals surface area contributed by atoms with Gasteiger partial charge in [-0.1, -0.05) is 0 Å². The minimum absolute atomic E-state index is 0.251. The largest absolute Gasteiger partial charge is 0.480 e. The van der Waals surface area contributed by atoms with Crippen LogP contribution in [0.5, 0.6) is 0 Å². The van der Waals surface area contributed by atoms with Gasteiger partial charge in [0, 0.05) is 13.3 Å². The fourth-order valence-corrected chi connectivity index (χ4v) is 2.09. The predicted octanol–water partition coefficient (Wildman–Crippen LogP) is -3.92. The number of carboxylic acid groups (broad SMARTS) is 2. The third kappa shape index (κ3) is 11.3. The molecule has 0 bridgehead atoms. The fraction of sp³-hybridized carbons (Fsp3) is 0.688. The highest BCUT2D eigenvalue weighted by atomic mass is 16.5. The van der Waals surface area contributed by atoms with Gasteiger partial charge in [-0.2, -0.15) is 0 Å². The molecule has 0 aliphatic carbocycles. The van der Waals surface area contributed by atoms with Crippen LogP contribution in [0.1, 0.15) is 26.7 Å². The van der Waals surface area contributed by atoms with E-state index in [2.05, 4.69) is 16.0 Å². The standard InChI is InChI=1S/C16H28N4O10/c1-7(18-8(2)21)13(23)20-10(15(26)27)3-4-12(22)19-11(16(28)29)6-30-5-9(17)14(24)25/h7,9-11,15,26-27H,3-6,17H2,1-2H3,(H,18,21)(H,19,22)(H,20,23)(H,24,25)(H,28,29)/t7-,9+,10+,11-/m0/s1. The molecular formula is C16H28N4O10. The number of aliphatic hydroxyl groups excluding tert-OH is 1. The lowest BCUT2D eigenvalue weighted by Gasteiger charge is -2.23. The number of amides is 3. The van der Waals surface area contributed by atoms with Crippen LogP contribution in [-0.4, -0.2) is 93.8 Å². The van der Waals surface area contributed by atoms with E-state index in [-0.39, 0.29) is 12.8 Å². The van der Waals surface area contributed by atoms with Crippen molar-refractivity contribution in [2.24, 2.45) is 5.73 Å². The lowest BCUT2D eigenvalue weighted by molar-refractivity contribution is -0.144. The number of ether oxygens (including phenoxy) is 1. The molecule has 9 N–H and O–H groups in total. The van der Waals surface area contributed by atoms with Gasteiger partial charge >= 0.3 is 11.9 Å². The quantitative estimate of drug-likeness (QED) is 0.122. The summed E-state index contributed by atoms with van der Waals surface area (Å²) in [5.41, 5.74) is 5.21. The maximum Gasteiger partial charge on any atom is 0.328 e. The number of rotatable bonds is 14. The summed E-state index contributed by atoms with van der Waals surface area (Å²) in [6, 6.07) is -5.06. The Morgan fingerprint density at radius 3 is 2.03 bits per heavy atom. The Bertz CT molecular complexity index is 627. The Balaban J connectivity index is 4.64. The summed E-state index contributed by atoms with van der Waals surface area (Å²) < 4.78 is 4.88. The molecule has 0 heterocycles. The van der Waals surface area contributed by atoms with Gasteiger partial charge in [0.25, 0.3) is 0 Å². The summed E-state index contributed by atoms with van der Waals surface area (Å²) in [5.74, 6) is -4.75. The van der Waals surface area contributed by atoms with E-state index < -0.39 is 73.3 Å². The van der Waals surface area contributed by atoms with E-state index in [1.54, 1.807) is 0 Å². The Morgan fingerprint density at radius 2 is 1.57 bits per heavy atom. The lowest BCUT2D eigenvalue weighted by atomic mass is 10.1. The minimum Gasteiger partial charge on any atom is -0.480 e. The topological polar surface area (TPSA) is 238 Å². The van der Waals surface area contributed by atoms with Crippen molar-refractivity contribution < 1.29 is 49.1 Å². The molecule has 0 rings (SSSR count). The van der Waals surface area contributed by atoms with E-state index in [9.17, 15) is 34.2 Å². The first-order valence-electron chi connectivity index (χ1n) is 8.87. The number of carbonyl (C=O) groups excluding carboxylic acids is 3. The molecule has 30 heavy (non-hydrogen) atoms. The minimum atomic E-state index is -2.01. The molecule has 0 aromatic rings. The van der Waals surface area contributed by atoms with Crippen LogP contribution in [-0.2, 0) is 28.7 Å². The van der Waals surface area contributed by atoms with Gasteiger partial charge in [-0.05, 0) is 13.3 Å². The summed E-state index contributed by atoms with van der Waals surface area (Å²) in [6.07, 6.45) is -2.64. The Morgan fingerprint density at radius 1 is 0.967 bits per heavy atom. The highest BCUT2D eigenvalue weighted by Crippen LogP contribution is 2.03. The zero-order valence-electron chi connectivity index (χ0n) is 16.5. The molecule has 0 fully saturated rings. The van der Waals surface area contributed by atoms with Crippen molar-refractivity contribution in [3.05, 3.63) is 0 Å². The molecule has 14 heteroatoms. The SMILES string of the molecule is CC(=O)N[C@@H](C)C(=O)N[C@H](CCC(=O)N[C@@H](COC[C@@H](N)C(=O)O)C(=O)O)C(O)O. The van der Waals surface area contributed by atoms with E-state index in [4.69, 9.17) is 20.7 Å². The second-order valence-electron chi connectivity index (χ2n) is 6.43. The smallest absolute Gasteiger partial charge is 0.328 e. The Labute approximate surface area is 171 Å². The molecule has 0 aliphatic rings. The van der Waals surface area contributed by atoms with Crippen LogP contribution in [0, 0.1) is 0 Å². The van der Waals surface area contributed by atoms with Crippen LogP contribution in [0.25, 0.3) is 0 Å². The Hall–Kier alpha value is -2.81. The summed E-state index contributed by atoms with van der Waals surface area (Å²) in [7, 11) is 0. The maximum absolute atomic E-state index is 12.0. The van der Waals surface area contributed by atoms with Crippen molar-refractivity contribution in [1.29, 1.82) is 0 Å². The van der Waals surface area contributed by atoms with Gasteiger partial charge in [0.05, 0.1) is 19.3 Å². The van der Waals surface area contributed by atoms with E-state index in [1.165, 1.54) is 13.8 Å². The first-order valence-corrected chi connectivity index (χ1v) is 8.87. The van der Waals surface area contributed by atoms with Crippen LogP contribution < -0.4 is 21.7 Å². The molecule has 0 unspecified atom stereocenters. The molecule has 172 valence electrons. The third-order valence-electron chi connectivity index (χ3n) is 3.72. The van der Waals surface area contributed by atoms with Gasteiger partial charge in [0.2, 0.25) is 17.7 Å². The monoisotopic (exact) mass is 436 g/mol. The van der Waals surface area contributed by atoms with Crippen LogP contribution in [0.3, 0.4) is 0 Å². The molecule has 14 nitrogen and oxygen atoms in total. The molecule has 0 saturated heterocycles. The average Bonchev–Trinajstić information content (AvgIpc) is 2.62. The van der Waals surface area contributed by atoms with E-state index in [0.29, 0.717) is 0 Å². The maximum atomic E-state index is 12.0. The number of aliphatic hydroxyl groups is 2. The zero-order valence-corrected chi connectivity index (χ0v) is 16.5. The molecule has 0 spiro atoms. The molecule has 0 radical (unpaired) electrons. The Kier molecular flexibility index (Phi) is 12.2. The van der Waals surface area contributed by atoms with E-state index in [1.807, 2.05) is 0 Å². The van der Waals surface area contributed by atoms with E-state index in [0.717, 1.165) is 0 Å². The van der Waals surface area contributed by atoms with Crippen LogP contribution in [0.15, 0.2) is 0 Å². The second kappa shape index (κ2) is 13.4. The van der Waals surface area contributed by atoms with Crippen LogP contribution in [0.4, 0.5) is 0 Å². The lowest BCUT2D eigenvalue weighted by Crippen LogP contribution is -2.51. The highest BCUT2D eigenvalue weighted by molar-refractivity contribution is 5.87. The van der Waals surface area contributed by atoms with E-state index >= 15 is 0 Å². The fourth-order valence-electron chi connectivity index (χ4n) is 2.09. The van der Waals surface area contributed by atoms with Crippen molar-refractivity contribution in [3.63, 3.8) is 0 Å². The van der Waals surface area contributed by atoms with Gasteiger partial charge in [-0.15, -0.1) is 0 Å². The molecule has 0 aliphatic heterocycles. The average molecular weight is 436 g/mol. The molecule has 0 saturated carbocycles. The van der Waals surface area contributed by atoms with Crippen molar-refractivity contribution >= 4 is 29.7 Å². The van der Waals surface area contributed by atoms with Gasteiger partial charge in [-0.3, -0.25) is 19.2 Å². The number of carboxylic acids is 2. The van der Waals surface area contributed by atoms with Crippen molar-refractivity contribution in [1.82, 2.24) is 16.0 Å². The normalized spacial score (nSPS) is 14.9. The van der Waals surface area contributed by atoms with Crippen molar-refractivity contribution in [3.8, 4) is 0 Å². The number of nitrogens with two attached hydrogens (primary N) is 1. The molecule has 3 amide bonds. The molecule has 0 aromatic heterocycles. The number of hydrogen-bond acceptors (Lipinski definition) is 9. The number of carbonyl (C=O) groups is 5. The van der Waals surface area contributed by atoms with Crippen LogP contribution in [0.2, 0.25) is 0 Å².